The minimum atomic E-state index is -3.68. The van der Waals surface area contributed by atoms with E-state index < -0.39 is 26.5 Å². The van der Waals surface area contributed by atoms with Gasteiger partial charge in [-0.15, -0.1) is 0 Å². The highest BCUT2D eigenvalue weighted by Crippen LogP contribution is 2.26. The zero-order valence-electron chi connectivity index (χ0n) is 15.0. The second-order valence-corrected chi connectivity index (χ2v) is 9.40. The molecule has 1 atom stereocenters. The third kappa shape index (κ3) is 4.69. The van der Waals surface area contributed by atoms with Gasteiger partial charge in [0.15, 0.2) is 9.84 Å². The summed E-state index contributed by atoms with van der Waals surface area (Å²) in [4.78, 5) is 24.3. The van der Waals surface area contributed by atoms with Crippen molar-refractivity contribution in [2.75, 3.05) is 12.8 Å². The Hall–Kier alpha value is -1.63. The van der Waals surface area contributed by atoms with Crippen LogP contribution in [0.1, 0.15) is 40.5 Å². The molecular formula is C17H28N2O4S. The van der Waals surface area contributed by atoms with Gasteiger partial charge in [0.25, 0.3) is 0 Å². The van der Waals surface area contributed by atoms with Gasteiger partial charge < -0.3 is 10.6 Å². The normalized spacial score (nSPS) is 16.5. The van der Waals surface area contributed by atoms with Crippen LogP contribution in [0.5, 0.6) is 0 Å². The lowest BCUT2D eigenvalue weighted by molar-refractivity contribution is -0.131. The van der Waals surface area contributed by atoms with Gasteiger partial charge in [0.1, 0.15) is 6.04 Å². The molecule has 1 unspecified atom stereocenters. The van der Waals surface area contributed by atoms with Crippen molar-refractivity contribution in [3.05, 3.63) is 23.8 Å². The summed E-state index contributed by atoms with van der Waals surface area (Å²) < 4.78 is 24.4. The monoisotopic (exact) mass is 356 g/mol. The first kappa shape index (κ1) is 20.4. The highest BCUT2D eigenvalue weighted by atomic mass is 32.2. The third-order valence-corrected chi connectivity index (χ3v) is 6.80. The van der Waals surface area contributed by atoms with Crippen LogP contribution in [0.15, 0.2) is 23.8 Å². The number of hydrogen-bond acceptors (Lipinski definition) is 4. The minimum absolute atomic E-state index is 0.151. The molecule has 0 fully saturated rings. The molecule has 1 aliphatic rings. The topological polar surface area (TPSA) is 92.3 Å². The molecule has 0 bridgehead atoms. The van der Waals surface area contributed by atoms with Crippen LogP contribution < -0.4 is 10.6 Å². The highest BCUT2D eigenvalue weighted by molar-refractivity contribution is 7.93. The van der Waals surface area contributed by atoms with E-state index in [1.807, 2.05) is 12.2 Å². The number of sulfone groups is 1. The summed E-state index contributed by atoms with van der Waals surface area (Å²) in [5.74, 6) is -1.38. The van der Waals surface area contributed by atoms with Crippen LogP contribution in [0.2, 0.25) is 0 Å². The van der Waals surface area contributed by atoms with Crippen molar-refractivity contribution < 1.29 is 18.0 Å². The number of allylic oxidation sites excluding steroid dienone is 3. The Bertz CT molecular complexity index is 646. The molecule has 0 saturated carbocycles. The molecule has 0 saturated heterocycles. The van der Waals surface area contributed by atoms with E-state index in [0.29, 0.717) is 0 Å². The predicted octanol–water partition coefficient (Wildman–Crippen LogP) is 1.34. The SMILES string of the molecule is CNC(=O)C(NC(=O)C(C)C)C(C)(C)S(=O)(=O)CC1=CCCC=C1. The van der Waals surface area contributed by atoms with Gasteiger partial charge in [0.2, 0.25) is 11.8 Å². The Kier molecular flexibility index (Phi) is 6.77. The highest BCUT2D eigenvalue weighted by Gasteiger charge is 2.46. The second-order valence-electron chi connectivity index (χ2n) is 6.83. The smallest absolute Gasteiger partial charge is 0.243 e. The molecule has 0 radical (unpaired) electrons. The zero-order chi connectivity index (χ0) is 18.5. The van der Waals surface area contributed by atoms with Crippen LogP contribution in [0, 0.1) is 5.92 Å². The molecule has 0 aliphatic heterocycles. The molecule has 0 aromatic heterocycles. The van der Waals surface area contributed by atoms with Crippen LogP contribution in [0.3, 0.4) is 0 Å². The van der Waals surface area contributed by atoms with Gasteiger partial charge in [0.05, 0.1) is 10.5 Å². The number of carbonyl (C=O) groups excluding carboxylic acids is 2. The Labute approximate surface area is 144 Å². The summed E-state index contributed by atoms with van der Waals surface area (Å²) >= 11 is 0. The summed E-state index contributed by atoms with van der Waals surface area (Å²) in [5.41, 5.74) is 0.722. The lowest BCUT2D eigenvalue weighted by Gasteiger charge is -2.34. The predicted molar refractivity (Wildman–Crippen MR) is 95.2 cm³/mol. The fourth-order valence-corrected chi connectivity index (χ4v) is 3.92. The van der Waals surface area contributed by atoms with E-state index in [1.165, 1.54) is 20.9 Å². The summed E-state index contributed by atoms with van der Waals surface area (Å²) in [7, 11) is -2.26. The van der Waals surface area contributed by atoms with Gasteiger partial charge in [-0.05, 0) is 32.3 Å². The third-order valence-electron chi connectivity index (χ3n) is 4.24. The zero-order valence-corrected chi connectivity index (χ0v) is 15.9. The fraction of sp³-hybridized carbons (Fsp3) is 0.647. The lowest BCUT2D eigenvalue weighted by atomic mass is 10.0. The van der Waals surface area contributed by atoms with Gasteiger partial charge in [-0.1, -0.05) is 32.1 Å². The fourth-order valence-electron chi connectivity index (χ4n) is 2.37. The van der Waals surface area contributed by atoms with Crippen molar-refractivity contribution in [3.63, 3.8) is 0 Å². The second kappa shape index (κ2) is 7.96. The van der Waals surface area contributed by atoms with Crippen molar-refractivity contribution >= 4 is 21.7 Å². The molecule has 0 heterocycles. The Morgan fingerprint density at radius 1 is 1.21 bits per heavy atom. The Morgan fingerprint density at radius 3 is 2.29 bits per heavy atom. The summed E-state index contributed by atoms with van der Waals surface area (Å²) in [6.07, 6.45) is 7.35. The maximum absolute atomic E-state index is 12.9. The van der Waals surface area contributed by atoms with Gasteiger partial charge in [-0.3, -0.25) is 9.59 Å². The van der Waals surface area contributed by atoms with Crippen LogP contribution in [-0.2, 0) is 19.4 Å². The molecule has 2 N–H and O–H groups in total. The van der Waals surface area contributed by atoms with Crippen molar-refractivity contribution in [3.8, 4) is 0 Å². The number of rotatable bonds is 7. The Balaban J connectivity index is 3.12. The number of likely N-dealkylation sites (N-methyl/N-ethyl adjacent to an activating group) is 1. The first-order chi connectivity index (χ1) is 11.0. The molecule has 2 amide bonds. The summed E-state index contributed by atoms with van der Waals surface area (Å²) in [6, 6.07) is -1.16. The van der Waals surface area contributed by atoms with Crippen molar-refractivity contribution in [1.82, 2.24) is 10.6 Å². The van der Waals surface area contributed by atoms with Crippen LogP contribution in [0.25, 0.3) is 0 Å². The number of carbonyl (C=O) groups is 2. The van der Waals surface area contributed by atoms with Gasteiger partial charge in [-0.2, -0.15) is 0 Å². The van der Waals surface area contributed by atoms with Crippen LogP contribution in [-0.4, -0.2) is 43.8 Å². The van der Waals surface area contributed by atoms with Crippen molar-refractivity contribution in [2.45, 2.75) is 51.3 Å². The molecule has 7 heteroatoms. The van der Waals surface area contributed by atoms with E-state index in [2.05, 4.69) is 10.6 Å². The maximum Gasteiger partial charge on any atom is 0.243 e. The van der Waals surface area contributed by atoms with Crippen LogP contribution >= 0.6 is 0 Å². The molecule has 1 aliphatic carbocycles. The molecular weight excluding hydrogens is 328 g/mol. The maximum atomic E-state index is 12.9. The van der Waals surface area contributed by atoms with Crippen molar-refractivity contribution in [1.29, 1.82) is 0 Å². The number of nitrogens with one attached hydrogen (secondary N) is 2. The standard InChI is InChI=1S/C17H28N2O4S/c1-12(2)15(20)19-14(16(21)18-5)17(3,4)24(22,23)11-13-9-7-6-8-10-13/h7,9-10,12,14H,6,8,11H2,1-5H3,(H,18,21)(H,19,20). The van der Waals surface area contributed by atoms with E-state index in [9.17, 15) is 18.0 Å². The molecule has 6 nitrogen and oxygen atoms in total. The minimum Gasteiger partial charge on any atom is -0.357 e. The van der Waals surface area contributed by atoms with Gasteiger partial charge >= 0.3 is 0 Å². The summed E-state index contributed by atoms with van der Waals surface area (Å²) in [5, 5.41) is 5.03. The molecule has 0 aromatic carbocycles. The van der Waals surface area contributed by atoms with Crippen molar-refractivity contribution in [2.24, 2.45) is 5.92 Å². The number of amides is 2. The molecule has 0 aromatic rings. The first-order valence-corrected chi connectivity index (χ1v) is 9.78. The van der Waals surface area contributed by atoms with Crippen LogP contribution in [0.4, 0.5) is 0 Å². The quantitative estimate of drug-likeness (QED) is 0.720. The van der Waals surface area contributed by atoms with E-state index in [1.54, 1.807) is 19.9 Å². The number of hydrogen-bond donors (Lipinski definition) is 2. The lowest BCUT2D eigenvalue weighted by Crippen LogP contribution is -2.61. The van der Waals surface area contributed by atoms with Gasteiger partial charge in [-0.25, -0.2) is 8.42 Å². The largest absolute Gasteiger partial charge is 0.357 e. The van der Waals surface area contributed by atoms with E-state index in [4.69, 9.17) is 0 Å². The molecule has 24 heavy (non-hydrogen) atoms. The van der Waals surface area contributed by atoms with E-state index in [0.717, 1.165) is 18.4 Å². The molecule has 136 valence electrons. The molecule has 1 rings (SSSR count). The Morgan fingerprint density at radius 2 is 1.83 bits per heavy atom. The van der Waals surface area contributed by atoms with Gasteiger partial charge in [0, 0.05) is 13.0 Å². The summed E-state index contributed by atoms with van der Waals surface area (Å²) in [6.45, 7) is 6.34. The van der Waals surface area contributed by atoms with E-state index in [-0.39, 0.29) is 17.6 Å². The van der Waals surface area contributed by atoms with E-state index >= 15 is 0 Å². The average Bonchev–Trinajstić information content (AvgIpc) is 2.51. The molecule has 0 spiro atoms. The first-order valence-electron chi connectivity index (χ1n) is 8.12. The average molecular weight is 356 g/mol.